The van der Waals surface area contributed by atoms with E-state index >= 15 is 0 Å². The quantitative estimate of drug-likeness (QED) is 0.742. The highest BCUT2D eigenvalue weighted by molar-refractivity contribution is 8.00. The van der Waals surface area contributed by atoms with Crippen molar-refractivity contribution in [3.05, 3.63) is 53.7 Å². The van der Waals surface area contributed by atoms with Crippen LogP contribution in [0.2, 0.25) is 0 Å². The molecule has 0 aliphatic heterocycles. The molecule has 5 nitrogen and oxygen atoms in total. The molecule has 1 aromatic carbocycles. The van der Waals surface area contributed by atoms with E-state index in [9.17, 15) is 9.59 Å². The van der Waals surface area contributed by atoms with Crippen molar-refractivity contribution in [2.24, 2.45) is 0 Å². The molecule has 6 heteroatoms. The summed E-state index contributed by atoms with van der Waals surface area (Å²) in [6.45, 7) is 4.30. The smallest absolute Gasteiger partial charge is 0.338 e. The lowest BCUT2D eigenvalue weighted by Crippen LogP contribution is -2.14. The largest absolute Gasteiger partial charge is 0.478 e. The molecule has 1 heterocycles. The maximum absolute atomic E-state index is 12.0. The molecule has 1 aromatic heterocycles. The monoisotopic (exact) mass is 344 g/mol. The maximum atomic E-state index is 12.0. The van der Waals surface area contributed by atoms with Gasteiger partial charge in [-0.15, -0.1) is 0 Å². The Hall–Kier alpha value is -2.34. The van der Waals surface area contributed by atoms with Crippen molar-refractivity contribution in [2.75, 3.05) is 11.1 Å². The van der Waals surface area contributed by atoms with Crippen LogP contribution in [0.3, 0.4) is 0 Å². The molecule has 0 fully saturated rings. The van der Waals surface area contributed by atoms with Crippen LogP contribution in [0.15, 0.2) is 47.6 Å². The van der Waals surface area contributed by atoms with Gasteiger partial charge in [-0.1, -0.05) is 37.7 Å². The SMILES string of the molecule is CCC(C)c1ccc(NC(=O)CSc2ncccc2C(=O)O)cc1. The second kappa shape index (κ2) is 8.49. The van der Waals surface area contributed by atoms with E-state index in [-0.39, 0.29) is 17.2 Å². The summed E-state index contributed by atoms with van der Waals surface area (Å²) >= 11 is 1.11. The van der Waals surface area contributed by atoms with Crippen LogP contribution in [0.5, 0.6) is 0 Å². The molecule has 0 spiro atoms. The Morgan fingerprint density at radius 2 is 1.96 bits per heavy atom. The van der Waals surface area contributed by atoms with Crippen molar-refractivity contribution >= 4 is 29.3 Å². The van der Waals surface area contributed by atoms with E-state index in [0.29, 0.717) is 10.9 Å². The van der Waals surface area contributed by atoms with Gasteiger partial charge in [-0.2, -0.15) is 0 Å². The molecule has 0 saturated carbocycles. The molecule has 2 aromatic rings. The van der Waals surface area contributed by atoms with Gasteiger partial charge in [0.25, 0.3) is 0 Å². The molecule has 0 aliphatic rings. The van der Waals surface area contributed by atoms with E-state index in [0.717, 1.165) is 23.9 Å². The zero-order chi connectivity index (χ0) is 17.5. The van der Waals surface area contributed by atoms with Gasteiger partial charge >= 0.3 is 5.97 Å². The number of carboxylic acids is 1. The van der Waals surface area contributed by atoms with E-state index < -0.39 is 5.97 Å². The second-order valence-corrected chi connectivity index (χ2v) is 6.39. The van der Waals surface area contributed by atoms with Gasteiger partial charge < -0.3 is 10.4 Å². The highest BCUT2D eigenvalue weighted by Gasteiger charge is 2.13. The number of aromatic nitrogens is 1. The summed E-state index contributed by atoms with van der Waals surface area (Å²) in [5, 5.41) is 12.3. The van der Waals surface area contributed by atoms with Crippen molar-refractivity contribution in [3.8, 4) is 0 Å². The number of nitrogens with zero attached hydrogens (tertiary/aromatic N) is 1. The number of carbonyl (C=O) groups is 2. The summed E-state index contributed by atoms with van der Waals surface area (Å²) in [4.78, 5) is 27.2. The highest BCUT2D eigenvalue weighted by Crippen LogP contribution is 2.22. The second-order valence-electron chi connectivity index (χ2n) is 5.43. The number of rotatable bonds is 7. The lowest BCUT2D eigenvalue weighted by Gasteiger charge is -2.10. The first-order chi connectivity index (χ1) is 11.5. The Bertz CT molecular complexity index is 716. The third kappa shape index (κ3) is 4.83. The van der Waals surface area contributed by atoms with Crippen LogP contribution in [0.1, 0.15) is 42.1 Å². The normalized spacial score (nSPS) is 11.8. The molecular weight excluding hydrogens is 324 g/mol. The van der Waals surface area contributed by atoms with Gasteiger partial charge in [0, 0.05) is 11.9 Å². The van der Waals surface area contributed by atoms with Crippen LogP contribution in [-0.2, 0) is 4.79 Å². The number of benzene rings is 1. The fourth-order valence-electron chi connectivity index (χ4n) is 2.13. The number of thioether (sulfide) groups is 1. The van der Waals surface area contributed by atoms with Crippen LogP contribution in [0, 0.1) is 0 Å². The number of pyridine rings is 1. The molecule has 0 saturated heterocycles. The Morgan fingerprint density at radius 1 is 1.25 bits per heavy atom. The fourth-order valence-corrected chi connectivity index (χ4v) is 2.92. The molecule has 126 valence electrons. The standard InChI is InChI=1S/C18H20N2O3S/c1-3-12(2)13-6-8-14(9-7-13)20-16(21)11-24-17-15(18(22)23)5-4-10-19-17/h4-10,12H,3,11H2,1-2H3,(H,20,21)(H,22,23). The predicted molar refractivity (Wildman–Crippen MR) is 95.7 cm³/mol. The number of nitrogens with one attached hydrogen (secondary N) is 1. The van der Waals surface area contributed by atoms with Gasteiger partial charge in [-0.05, 0) is 42.2 Å². The summed E-state index contributed by atoms with van der Waals surface area (Å²) in [7, 11) is 0. The van der Waals surface area contributed by atoms with Crippen molar-refractivity contribution < 1.29 is 14.7 Å². The van der Waals surface area contributed by atoms with Crippen LogP contribution in [-0.4, -0.2) is 27.7 Å². The summed E-state index contributed by atoms with van der Waals surface area (Å²) in [5.41, 5.74) is 2.07. The number of hydrogen-bond donors (Lipinski definition) is 2. The molecule has 2 rings (SSSR count). The Kier molecular flexibility index (Phi) is 6.37. The average Bonchev–Trinajstić information content (AvgIpc) is 2.60. The van der Waals surface area contributed by atoms with Crippen LogP contribution >= 0.6 is 11.8 Å². The number of carbonyl (C=O) groups excluding carboxylic acids is 1. The minimum atomic E-state index is -1.05. The molecule has 24 heavy (non-hydrogen) atoms. The molecule has 1 unspecified atom stereocenters. The van der Waals surface area contributed by atoms with Crippen LogP contribution < -0.4 is 5.32 Å². The summed E-state index contributed by atoms with van der Waals surface area (Å²) in [6.07, 6.45) is 2.58. The summed E-state index contributed by atoms with van der Waals surface area (Å²) < 4.78 is 0. The van der Waals surface area contributed by atoms with Crippen molar-refractivity contribution in [1.29, 1.82) is 0 Å². The first-order valence-corrected chi connectivity index (χ1v) is 8.70. The molecule has 0 aliphatic carbocycles. The van der Waals surface area contributed by atoms with Crippen molar-refractivity contribution in [3.63, 3.8) is 0 Å². The fraction of sp³-hybridized carbons (Fsp3) is 0.278. The van der Waals surface area contributed by atoms with Gasteiger partial charge in [0.15, 0.2) is 0 Å². The molecule has 0 bridgehead atoms. The number of carboxylic acid groups (broad SMARTS) is 1. The van der Waals surface area contributed by atoms with Crippen LogP contribution in [0.25, 0.3) is 0 Å². The average molecular weight is 344 g/mol. The van der Waals surface area contributed by atoms with Gasteiger partial charge in [-0.3, -0.25) is 4.79 Å². The number of hydrogen-bond acceptors (Lipinski definition) is 4. The first-order valence-electron chi connectivity index (χ1n) is 7.72. The third-order valence-electron chi connectivity index (χ3n) is 3.72. The summed E-state index contributed by atoms with van der Waals surface area (Å²) in [5.74, 6) is -0.654. The van der Waals surface area contributed by atoms with Gasteiger partial charge in [0.2, 0.25) is 5.91 Å². The maximum Gasteiger partial charge on any atom is 0.338 e. The van der Waals surface area contributed by atoms with E-state index in [4.69, 9.17) is 5.11 Å². The third-order valence-corrected chi connectivity index (χ3v) is 4.72. The Labute approximate surface area is 145 Å². The van der Waals surface area contributed by atoms with Crippen molar-refractivity contribution in [2.45, 2.75) is 31.2 Å². The molecule has 2 N–H and O–H groups in total. The number of anilines is 1. The van der Waals surface area contributed by atoms with Gasteiger partial charge in [0.05, 0.1) is 11.3 Å². The first kappa shape index (κ1) is 18.0. The number of aromatic carboxylic acids is 1. The van der Waals surface area contributed by atoms with E-state index in [1.165, 1.54) is 17.8 Å². The van der Waals surface area contributed by atoms with Crippen molar-refractivity contribution in [1.82, 2.24) is 4.98 Å². The van der Waals surface area contributed by atoms with E-state index in [1.807, 2.05) is 24.3 Å². The highest BCUT2D eigenvalue weighted by atomic mass is 32.2. The van der Waals surface area contributed by atoms with Gasteiger partial charge in [-0.25, -0.2) is 9.78 Å². The van der Waals surface area contributed by atoms with Crippen LogP contribution in [0.4, 0.5) is 5.69 Å². The van der Waals surface area contributed by atoms with Gasteiger partial charge in [0.1, 0.15) is 5.03 Å². The Balaban J connectivity index is 1.93. The zero-order valence-corrected chi connectivity index (χ0v) is 14.5. The van der Waals surface area contributed by atoms with E-state index in [2.05, 4.69) is 24.1 Å². The molecule has 1 atom stereocenters. The van der Waals surface area contributed by atoms with E-state index in [1.54, 1.807) is 6.07 Å². The molecule has 1 amide bonds. The Morgan fingerprint density at radius 3 is 2.58 bits per heavy atom. The minimum absolute atomic E-state index is 0.102. The predicted octanol–water partition coefficient (Wildman–Crippen LogP) is 4.02. The molecule has 0 radical (unpaired) electrons. The lowest BCUT2D eigenvalue weighted by atomic mass is 9.99. The minimum Gasteiger partial charge on any atom is -0.478 e. The topological polar surface area (TPSA) is 79.3 Å². The summed E-state index contributed by atoms with van der Waals surface area (Å²) in [6, 6.07) is 10.8. The zero-order valence-electron chi connectivity index (χ0n) is 13.7. The lowest BCUT2D eigenvalue weighted by molar-refractivity contribution is -0.113. The molecular formula is C18H20N2O3S. The number of amides is 1.